The SMILES string of the molecule is CCNC(=NCc1ccsc1)NCc1ccc(C(N)=O)cc1.I. The molecule has 0 fully saturated rings. The van der Waals surface area contributed by atoms with Gasteiger partial charge in [-0.25, -0.2) is 4.99 Å². The van der Waals surface area contributed by atoms with Gasteiger partial charge in [-0.1, -0.05) is 12.1 Å². The van der Waals surface area contributed by atoms with Crippen LogP contribution in [-0.2, 0) is 13.1 Å². The Balaban J connectivity index is 0.00000264. The van der Waals surface area contributed by atoms with E-state index in [-0.39, 0.29) is 24.0 Å². The van der Waals surface area contributed by atoms with E-state index in [1.165, 1.54) is 5.56 Å². The van der Waals surface area contributed by atoms with Crippen LogP contribution in [0.2, 0.25) is 0 Å². The maximum atomic E-state index is 11.0. The minimum absolute atomic E-state index is 0. The van der Waals surface area contributed by atoms with Gasteiger partial charge in [-0.2, -0.15) is 11.3 Å². The normalized spacial score (nSPS) is 10.7. The zero-order chi connectivity index (χ0) is 15.8. The molecule has 1 aromatic heterocycles. The van der Waals surface area contributed by atoms with Gasteiger partial charge in [-0.05, 0) is 47.0 Å². The van der Waals surface area contributed by atoms with Crippen molar-refractivity contribution in [3.05, 3.63) is 57.8 Å². The van der Waals surface area contributed by atoms with Gasteiger partial charge in [0.05, 0.1) is 6.54 Å². The summed E-state index contributed by atoms with van der Waals surface area (Å²) in [4.78, 5) is 15.6. The molecule has 0 aliphatic rings. The third kappa shape index (κ3) is 6.57. The number of nitrogens with two attached hydrogens (primary N) is 1. The van der Waals surface area contributed by atoms with Crippen molar-refractivity contribution in [1.82, 2.24) is 10.6 Å². The van der Waals surface area contributed by atoms with Crippen molar-refractivity contribution < 1.29 is 4.79 Å². The summed E-state index contributed by atoms with van der Waals surface area (Å²) in [5, 5.41) is 10.6. The molecule has 7 heteroatoms. The number of benzene rings is 1. The second-order valence-corrected chi connectivity index (χ2v) is 5.52. The summed E-state index contributed by atoms with van der Waals surface area (Å²) in [5.41, 5.74) is 8.01. The summed E-state index contributed by atoms with van der Waals surface area (Å²) in [6.07, 6.45) is 0. The molecule has 0 saturated carbocycles. The van der Waals surface area contributed by atoms with E-state index in [0.29, 0.717) is 18.7 Å². The Morgan fingerprint density at radius 2 is 1.91 bits per heavy atom. The Bertz CT molecular complexity index is 626. The van der Waals surface area contributed by atoms with Gasteiger partial charge in [0.15, 0.2) is 5.96 Å². The first kappa shape index (κ1) is 19.4. The quantitative estimate of drug-likeness (QED) is 0.364. The number of nitrogens with zero attached hydrogens (tertiary/aromatic N) is 1. The van der Waals surface area contributed by atoms with Gasteiger partial charge in [-0.3, -0.25) is 4.79 Å². The molecule has 23 heavy (non-hydrogen) atoms. The van der Waals surface area contributed by atoms with Crippen LogP contribution in [0.3, 0.4) is 0 Å². The second-order valence-electron chi connectivity index (χ2n) is 4.74. The van der Waals surface area contributed by atoms with Crippen molar-refractivity contribution in [2.75, 3.05) is 6.54 Å². The van der Waals surface area contributed by atoms with E-state index >= 15 is 0 Å². The molecule has 0 aliphatic heterocycles. The molecule has 0 unspecified atom stereocenters. The molecule has 0 radical (unpaired) electrons. The van der Waals surface area contributed by atoms with E-state index in [1.54, 1.807) is 23.5 Å². The number of primary amides is 1. The van der Waals surface area contributed by atoms with E-state index < -0.39 is 5.91 Å². The van der Waals surface area contributed by atoms with Crippen molar-refractivity contribution >= 4 is 47.2 Å². The van der Waals surface area contributed by atoms with E-state index in [1.807, 2.05) is 24.4 Å². The predicted molar refractivity (Wildman–Crippen MR) is 106 cm³/mol. The fourth-order valence-corrected chi connectivity index (χ4v) is 2.53. The zero-order valence-electron chi connectivity index (χ0n) is 12.9. The van der Waals surface area contributed by atoms with Gasteiger partial charge < -0.3 is 16.4 Å². The number of halogens is 1. The average molecular weight is 444 g/mol. The van der Waals surface area contributed by atoms with Crippen molar-refractivity contribution in [3.8, 4) is 0 Å². The number of amides is 1. The molecule has 0 spiro atoms. The number of thiophene rings is 1. The first-order chi connectivity index (χ1) is 10.7. The second kappa shape index (κ2) is 10.2. The number of rotatable bonds is 6. The van der Waals surface area contributed by atoms with E-state index in [0.717, 1.165) is 18.1 Å². The fourth-order valence-electron chi connectivity index (χ4n) is 1.87. The number of hydrogen-bond acceptors (Lipinski definition) is 3. The van der Waals surface area contributed by atoms with E-state index in [9.17, 15) is 4.79 Å². The Hall–Kier alpha value is -1.61. The predicted octanol–water partition coefficient (Wildman–Crippen LogP) is 2.72. The Morgan fingerprint density at radius 1 is 1.17 bits per heavy atom. The topological polar surface area (TPSA) is 79.5 Å². The highest BCUT2D eigenvalue weighted by atomic mass is 127. The summed E-state index contributed by atoms with van der Waals surface area (Å²) in [5.74, 6) is 0.359. The van der Waals surface area contributed by atoms with Gasteiger partial charge in [0.1, 0.15) is 0 Å². The molecule has 4 N–H and O–H groups in total. The van der Waals surface area contributed by atoms with Gasteiger partial charge >= 0.3 is 0 Å². The number of carbonyl (C=O) groups excluding carboxylic acids is 1. The smallest absolute Gasteiger partial charge is 0.248 e. The lowest BCUT2D eigenvalue weighted by molar-refractivity contribution is 0.100. The molecular weight excluding hydrogens is 423 g/mol. The molecule has 1 amide bonds. The van der Waals surface area contributed by atoms with Crippen LogP contribution in [0, 0.1) is 0 Å². The average Bonchev–Trinajstić information content (AvgIpc) is 3.04. The van der Waals surface area contributed by atoms with Gasteiger partial charge in [0.2, 0.25) is 5.91 Å². The highest BCUT2D eigenvalue weighted by Gasteiger charge is 2.01. The lowest BCUT2D eigenvalue weighted by Gasteiger charge is -2.11. The molecule has 2 rings (SSSR count). The summed E-state index contributed by atoms with van der Waals surface area (Å²) < 4.78 is 0. The van der Waals surface area contributed by atoms with Gasteiger partial charge in [0, 0.05) is 18.7 Å². The standard InChI is InChI=1S/C16H20N4OS.HI/c1-2-18-16(20-10-13-7-8-22-11-13)19-9-12-3-5-14(6-4-12)15(17)21;/h3-8,11H,2,9-10H2,1H3,(H2,17,21)(H2,18,19,20);1H. The lowest BCUT2D eigenvalue weighted by atomic mass is 10.1. The highest BCUT2D eigenvalue weighted by molar-refractivity contribution is 14.0. The van der Waals surface area contributed by atoms with E-state index in [2.05, 4.69) is 27.1 Å². The zero-order valence-corrected chi connectivity index (χ0v) is 16.1. The third-order valence-electron chi connectivity index (χ3n) is 3.04. The van der Waals surface area contributed by atoms with Crippen LogP contribution in [0.4, 0.5) is 0 Å². The number of guanidine groups is 1. The first-order valence-corrected chi connectivity index (χ1v) is 8.05. The fraction of sp³-hybridized carbons (Fsp3) is 0.250. The van der Waals surface area contributed by atoms with Crippen LogP contribution in [0.1, 0.15) is 28.4 Å². The van der Waals surface area contributed by atoms with Crippen LogP contribution in [0.25, 0.3) is 0 Å². The van der Waals surface area contributed by atoms with Crippen LogP contribution in [-0.4, -0.2) is 18.4 Å². The molecule has 0 aliphatic carbocycles. The van der Waals surface area contributed by atoms with Crippen LogP contribution in [0.5, 0.6) is 0 Å². The minimum Gasteiger partial charge on any atom is -0.366 e. The van der Waals surface area contributed by atoms with Crippen LogP contribution < -0.4 is 16.4 Å². The molecule has 124 valence electrons. The van der Waals surface area contributed by atoms with Gasteiger partial charge in [-0.15, -0.1) is 24.0 Å². The highest BCUT2D eigenvalue weighted by Crippen LogP contribution is 2.07. The largest absolute Gasteiger partial charge is 0.366 e. The van der Waals surface area contributed by atoms with E-state index in [4.69, 9.17) is 5.73 Å². The minimum atomic E-state index is -0.412. The molecule has 0 bridgehead atoms. The maximum Gasteiger partial charge on any atom is 0.248 e. The number of aliphatic imine (C=N–C) groups is 1. The summed E-state index contributed by atoms with van der Waals surface area (Å²) in [7, 11) is 0. The lowest BCUT2D eigenvalue weighted by Crippen LogP contribution is -2.36. The first-order valence-electron chi connectivity index (χ1n) is 7.11. The van der Waals surface area contributed by atoms with Crippen molar-refractivity contribution in [2.45, 2.75) is 20.0 Å². The number of hydrogen-bond donors (Lipinski definition) is 3. The Labute approximate surface area is 157 Å². The molecular formula is C16H21IN4OS. The van der Waals surface area contributed by atoms with Crippen molar-refractivity contribution in [1.29, 1.82) is 0 Å². The van der Waals surface area contributed by atoms with Crippen LogP contribution in [0.15, 0.2) is 46.1 Å². The number of nitrogens with one attached hydrogen (secondary N) is 2. The molecule has 0 atom stereocenters. The third-order valence-corrected chi connectivity index (χ3v) is 3.77. The summed E-state index contributed by atoms with van der Waals surface area (Å²) >= 11 is 1.67. The number of carbonyl (C=O) groups is 1. The Kier molecular flexibility index (Phi) is 8.64. The molecule has 1 aromatic carbocycles. The summed E-state index contributed by atoms with van der Waals surface area (Å²) in [6.45, 7) is 4.12. The van der Waals surface area contributed by atoms with Crippen molar-refractivity contribution in [2.24, 2.45) is 10.7 Å². The molecule has 0 saturated heterocycles. The van der Waals surface area contributed by atoms with Gasteiger partial charge in [0.25, 0.3) is 0 Å². The molecule has 1 heterocycles. The maximum absolute atomic E-state index is 11.0. The molecule has 2 aromatic rings. The monoisotopic (exact) mass is 444 g/mol. The summed E-state index contributed by atoms with van der Waals surface area (Å²) in [6, 6.07) is 9.30. The molecule has 5 nitrogen and oxygen atoms in total. The Morgan fingerprint density at radius 3 is 2.48 bits per heavy atom. The van der Waals surface area contributed by atoms with Crippen LogP contribution >= 0.6 is 35.3 Å². The van der Waals surface area contributed by atoms with Crippen molar-refractivity contribution in [3.63, 3.8) is 0 Å².